The molecule has 1 aromatic carbocycles. The Balaban J connectivity index is 2.10. The minimum absolute atomic E-state index is 0.0608. The number of likely N-dealkylation sites (tertiary alicyclic amines) is 1. The van der Waals surface area contributed by atoms with E-state index >= 15 is 0 Å². The molecule has 1 heterocycles. The van der Waals surface area contributed by atoms with Crippen LogP contribution in [0.1, 0.15) is 43.5 Å². The third kappa shape index (κ3) is 5.43. The van der Waals surface area contributed by atoms with Crippen LogP contribution in [0.3, 0.4) is 0 Å². The Labute approximate surface area is 155 Å². The van der Waals surface area contributed by atoms with Gasteiger partial charge in [0.1, 0.15) is 5.75 Å². The third-order valence-electron chi connectivity index (χ3n) is 4.17. The Bertz CT molecular complexity index is 712. The molecule has 0 saturated carbocycles. The van der Waals surface area contributed by atoms with Crippen molar-refractivity contribution < 1.29 is 22.7 Å². The molecule has 8 heteroatoms. The summed E-state index contributed by atoms with van der Waals surface area (Å²) in [5.74, 6) is 0.188. The number of carbonyl (C=O) groups excluding carboxylic acids is 1. The molecule has 1 aliphatic heterocycles. The largest absolute Gasteiger partial charge is 0.496 e. The smallest absolute Gasteiger partial charge is 0.257 e. The van der Waals surface area contributed by atoms with Crippen LogP contribution in [0.4, 0.5) is 0 Å². The normalized spacial score (nSPS) is 14.8. The van der Waals surface area contributed by atoms with Crippen molar-refractivity contribution in [2.75, 3.05) is 33.4 Å². The van der Waals surface area contributed by atoms with Crippen LogP contribution in [-0.2, 0) is 14.8 Å². The van der Waals surface area contributed by atoms with Crippen molar-refractivity contribution in [2.45, 2.75) is 44.1 Å². The third-order valence-corrected chi connectivity index (χ3v) is 5.63. The average molecular weight is 384 g/mol. The number of benzene rings is 1. The number of amides is 1. The maximum Gasteiger partial charge on any atom is 0.257 e. The highest BCUT2D eigenvalue weighted by Gasteiger charge is 2.25. The standard InChI is InChI=1S/C18H28N2O5S/c1-14(2)25-12-6-9-19-26(22,23)15-7-8-17(24-3)16(13-15)18(21)20-10-4-5-11-20/h7-8,13-14,19H,4-6,9-12H2,1-3H3. The van der Waals surface area contributed by atoms with E-state index in [1.54, 1.807) is 4.90 Å². The summed E-state index contributed by atoms with van der Waals surface area (Å²) in [5.41, 5.74) is 0.278. The van der Waals surface area contributed by atoms with Crippen LogP contribution in [0.25, 0.3) is 0 Å². The van der Waals surface area contributed by atoms with Crippen LogP contribution in [0.5, 0.6) is 5.75 Å². The summed E-state index contributed by atoms with van der Waals surface area (Å²) in [5, 5.41) is 0. The van der Waals surface area contributed by atoms with Gasteiger partial charge in [-0.05, 0) is 51.3 Å². The number of rotatable bonds is 9. The summed E-state index contributed by atoms with van der Waals surface area (Å²) in [7, 11) is -2.23. The summed E-state index contributed by atoms with van der Waals surface area (Å²) in [6.45, 7) is 6.00. The van der Waals surface area contributed by atoms with Crippen molar-refractivity contribution >= 4 is 15.9 Å². The average Bonchev–Trinajstić information content (AvgIpc) is 3.14. The van der Waals surface area contributed by atoms with E-state index in [4.69, 9.17) is 9.47 Å². The number of methoxy groups -OCH3 is 1. The van der Waals surface area contributed by atoms with E-state index in [-0.39, 0.29) is 29.0 Å². The van der Waals surface area contributed by atoms with Crippen molar-refractivity contribution in [3.05, 3.63) is 23.8 Å². The SMILES string of the molecule is COc1ccc(S(=O)(=O)NCCCOC(C)C)cc1C(=O)N1CCCC1. The molecule has 1 aliphatic rings. The van der Waals surface area contributed by atoms with Gasteiger partial charge in [-0.1, -0.05) is 0 Å². The molecule has 146 valence electrons. The molecular formula is C18H28N2O5S. The molecule has 0 aliphatic carbocycles. The minimum Gasteiger partial charge on any atom is -0.496 e. The fourth-order valence-corrected chi connectivity index (χ4v) is 3.89. The van der Waals surface area contributed by atoms with Gasteiger partial charge in [-0.2, -0.15) is 0 Å². The molecule has 26 heavy (non-hydrogen) atoms. The fourth-order valence-electron chi connectivity index (χ4n) is 2.79. The summed E-state index contributed by atoms with van der Waals surface area (Å²) >= 11 is 0. The van der Waals surface area contributed by atoms with Crippen LogP contribution in [0.2, 0.25) is 0 Å². The van der Waals surface area contributed by atoms with Gasteiger partial charge in [-0.15, -0.1) is 0 Å². The van der Waals surface area contributed by atoms with E-state index in [0.29, 0.717) is 31.9 Å². The van der Waals surface area contributed by atoms with Crippen LogP contribution in [-0.4, -0.2) is 58.7 Å². The molecule has 1 saturated heterocycles. The van der Waals surface area contributed by atoms with Crippen molar-refractivity contribution in [3.8, 4) is 5.75 Å². The van der Waals surface area contributed by atoms with Gasteiger partial charge in [0.2, 0.25) is 10.0 Å². The highest BCUT2D eigenvalue weighted by Crippen LogP contribution is 2.25. The number of sulfonamides is 1. The van der Waals surface area contributed by atoms with Gasteiger partial charge in [-0.25, -0.2) is 13.1 Å². The Hall–Kier alpha value is -1.64. The first-order valence-corrected chi connectivity index (χ1v) is 10.4. The number of carbonyl (C=O) groups is 1. The van der Waals surface area contributed by atoms with Gasteiger partial charge in [0, 0.05) is 26.2 Å². The first kappa shape index (κ1) is 20.7. The van der Waals surface area contributed by atoms with E-state index < -0.39 is 10.0 Å². The lowest BCUT2D eigenvalue weighted by Gasteiger charge is -2.18. The Morgan fingerprint density at radius 2 is 1.96 bits per heavy atom. The monoisotopic (exact) mass is 384 g/mol. The summed E-state index contributed by atoms with van der Waals surface area (Å²) in [6.07, 6.45) is 2.62. The molecule has 0 atom stereocenters. The molecule has 1 amide bonds. The van der Waals surface area contributed by atoms with E-state index in [9.17, 15) is 13.2 Å². The summed E-state index contributed by atoms with van der Waals surface area (Å²) < 4.78 is 38.2. The molecule has 0 radical (unpaired) electrons. The second-order valence-corrected chi connectivity index (χ2v) is 8.30. The van der Waals surface area contributed by atoms with Crippen LogP contribution >= 0.6 is 0 Å². The number of hydrogen-bond donors (Lipinski definition) is 1. The van der Waals surface area contributed by atoms with Gasteiger partial charge in [0.05, 0.1) is 23.7 Å². The van der Waals surface area contributed by atoms with Gasteiger partial charge in [-0.3, -0.25) is 4.79 Å². The molecule has 0 spiro atoms. The lowest BCUT2D eigenvalue weighted by Crippen LogP contribution is -2.29. The molecule has 1 aromatic rings. The van der Waals surface area contributed by atoms with E-state index in [1.807, 2.05) is 13.8 Å². The molecule has 2 rings (SSSR count). The highest BCUT2D eigenvalue weighted by molar-refractivity contribution is 7.89. The molecule has 1 N–H and O–H groups in total. The van der Waals surface area contributed by atoms with Gasteiger partial charge >= 0.3 is 0 Å². The van der Waals surface area contributed by atoms with Crippen molar-refractivity contribution in [2.24, 2.45) is 0 Å². The quantitative estimate of drug-likeness (QED) is 0.659. The zero-order valence-corrected chi connectivity index (χ0v) is 16.5. The van der Waals surface area contributed by atoms with Gasteiger partial charge in [0.25, 0.3) is 5.91 Å². The zero-order chi connectivity index (χ0) is 19.2. The first-order valence-electron chi connectivity index (χ1n) is 8.93. The van der Waals surface area contributed by atoms with Crippen molar-refractivity contribution in [3.63, 3.8) is 0 Å². The second-order valence-electron chi connectivity index (χ2n) is 6.53. The lowest BCUT2D eigenvalue weighted by atomic mass is 10.1. The number of nitrogens with one attached hydrogen (secondary N) is 1. The van der Waals surface area contributed by atoms with Gasteiger partial charge < -0.3 is 14.4 Å². The summed E-state index contributed by atoms with van der Waals surface area (Å²) in [6, 6.07) is 4.37. The highest BCUT2D eigenvalue weighted by atomic mass is 32.2. The predicted molar refractivity (Wildman–Crippen MR) is 99.0 cm³/mol. The number of hydrogen-bond acceptors (Lipinski definition) is 5. The van der Waals surface area contributed by atoms with Crippen LogP contribution in [0.15, 0.2) is 23.1 Å². The maximum absolute atomic E-state index is 12.7. The number of nitrogens with zero attached hydrogens (tertiary/aromatic N) is 1. The van der Waals surface area contributed by atoms with Crippen LogP contribution < -0.4 is 9.46 Å². The lowest BCUT2D eigenvalue weighted by molar-refractivity contribution is 0.0777. The molecule has 7 nitrogen and oxygen atoms in total. The van der Waals surface area contributed by atoms with Gasteiger partial charge in [0.15, 0.2) is 0 Å². The van der Waals surface area contributed by atoms with Crippen molar-refractivity contribution in [1.29, 1.82) is 0 Å². The number of ether oxygens (including phenoxy) is 2. The predicted octanol–water partition coefficient (Wildman–Crippen LogP) is 2.02. The molecular weight excluding hydrogens is 356 g/mol. The van der Waals surface area contributed by atoms with Crippen LogP contribution in [0, 0.1) is 0 Å². The maximum atomic E-state index is 12.7. The molecule has 0 unspecified atom stereocenters. The first-order chi connectivity index (χ1) is 12.3. The van der Waals surface area contributed by atoms with Crippen molar-refractivity contribution in [1.82, 2.24) is 9.62 Å². The Morgan fingerprint density at radius 3 is 2.58 bits per heavy atom. The minimum atomic E-state index is -3.70. The summed E-state index contributed by atoms with van der Waals surface area (Å²) in [4.78, 5) is 14.5. The fraction of sp³-hybridized carbons (Fsp3) is 0.611. The molecule has 0 bridgehead atoms. The Morgan fingerprint density at radius 1 is 1.27 bits per heavy atom. The zero-order valence-electron chi connectivity index (χ0n) is 15.7. The molecule has 1 fully saturated rings. The van der Waals surface area contributed by atoms with E-state index in [0.717, 1.165) is 12.8 Å². The van der Waals surface area contributed by atoms with E-state index in [1.165, 1.54) is 25.3 Å². The molecule has 0 aromatic heterocycles. The van der Waals surface area contributed by atoms with E-state index in [2.05, 4.69) is 4.72 Å². The Kier molecular flexibility index (Phi) is 7.43. The topological polar surface area (TPSA) is 84.9 Å². The second kappa shape index (κ2) is 9.34.